The molecular formula is C26H34IN3O4S. The van der Waals surface area contributed by atoms with Gasteiger partial charge in [-0.05, 0) is 84.2 Å². The molecule has 190 valence electrons. The molecule has 2 aromatic carbocycles. The smallest absolute Gasteiger partial charge is 0.244 e. The number of halogens is 1. The average molecular weight is 612 g/mol. The Morgan fingerprint density at radius 3 is 2.29 bits per heavy atom. The Kier molecular flexibility index (Phi) is 9.57. The van der Waals surface area contributed by atoms with Gasteiger partial charge in [-0.3, -0.25) is 13.9 Å². The van der Waals surface area contributed by atoms with Crippen molar-refractivity contribution >= 4 is 50.1 Å². The predicted octanol–water partition coefficient (Wildman–Crippen LogP) is 4.23. The van der Waals surface area contributed by atoms with Crippen LogP contribution in [0.1, 0.15) is 50.2 Å². The molecule has 1 fully saturated rings. The van der Waals surface area contributed by atoms with E-state index in [2.05, 4.69) is 27.9 Å². The quantitative estimate of drug-likeness (QED) is 0.408. The number of carbonyl (C=O) groups is 2. The van der Waals surface area contributed by atoms with Gasteiger partial charge in [0.25, 0.3) is 0 Å². The van der Waals surface area contributed by atoms with Gasteiger partial charge in [0.15, 0.2) is 0 Å². The van der Waals surface area contributed by atoms with Crippen LogP contribution in [0.15, 0.2) is 48.5 Å². The number of sulfonamides is 1. The van der Waals surface area contributed by atoms with E-state index in [1.807, 2.05) is 38.1 Å². The summed E-state index contributed by atoms with van der Waals surface area (Å²) in [6, 6.07) is 14.1. The van der Waals surface area contributed by atoms with Gasteiger partial charge in [0.05, 0.1) is 11.9 Å². The molecule has 2 aromatic rings. The first-order chi connectivity index (χ1) is 16.6. The van der Waals surface area contributed by atoms with Crippen LogP contribution in [-0.2, 0) is 26.2 Å². The van der Waals surface area contributed by atoms with Crippen LogP contribution >= 0.6 is 22.6 Å². The summed E-state index contributed by atoms with van der Waals surface area (Å²) in [5.74, 6) is -0.591. The van der Waals surface area contributed by atoms with Crippen LogP contribution in [0.25, 0.3) is 0 Å². The molecule has 0 aliphatic heterocycles. The van der Waals surface area contributed by atoms with Gasteiger partial charge in [0, 0.05) is 16.2 Å². The summed E-state index contributed by atoms with van der Waals surface area (Å²) in [6.07, 6.45) is 5.59. The van der Waals surface area contributed by atoms with Crippen LogP contribution in [0.4, 0.5) is 5.69 Å². The molecule has 1 N–H and O–H groups in total. The summed E-state index contributed by atoms with van der Waals surface area (Å²) in [5.41, 5.74) is 2.35. The molecule has 3 rings (SSSR count). The van der Waals surface area contributed by atoms with Crippen LogP contribution in [0.2, 0.25) is 0 Å². The Balaban J connectivity index is 1.92. The fourth-order valence-electron chi connectivity index (χ4n) is 4.48. The molecule has 1 saturated carbocycles. The van der Waals surface area contributed by atoms with Crippen molar-refractivity contribution in [1.29, 1.82) is 0 Å². The summed E-state index contributed by atoms with van der Waals surface area (Å²) in [4.78, 5) is 28.6. The second-order valence-electron chi connectivity index (χ2n) is 9.11. The summed E-state index contributed by atoms with van der Waals surface area (Å²) in [7, 11) is -3.73. The Labute approximate surface area is 222 Å². The number of aryl methyl sites for hydroxylation is 1. The van der Waals surface area contributed by atoms with E-state index in [1.165, 1.54) is 4.90 Å². The van der Waals surface area contributed by atoms with Gasteiger partial charge >= 0.3 is 0 Å². The van der Waals surface area contributed by atoms with Gasteiger partial charge in [-0.1, -0.05) is 44.0 Å². The maximum Gasteiger partial charge on any atom is 0.244 e. The fourth-order valence-corrected chi connectivity index (χ4v) is 5.69. The van der Waals surface area contributed by atoms with Gasteiger partial charge in [0.1, 0.15) is 12.6 Å². The Bertz CT molecular complexity index is 1130. The minimum absolute atomic E-state index is 0.131. The van der Waals surface area contributed by atoms with Crippen LogP contribution in [0, 0.1) is 10.5 Å². The lowest BCUT2D eigenvalue weighted by molar-refractivity contribution is -0.140. The van der Waals surface area contributed by atoms with E-state index in [-0.39, 0.29) is 25.0 Å². The summed E-state index contributed by atoms with van der Waals surface area (Å²) in [5, 5.41) is 3.12. The van der Waals surface area contributed by atoms with Crippen molar-refractivity contribution in [2.45, 2.75) is 64.6 Å². The van der Waals surface area contributed by atoms with E-state index >= 15 is 0 Å². The van der Waals surface area contributed by atoms with E-state index < -0.39 is 22.0 Å². The average Bonchev–Trinajstić information content (AvgIpc) is 3.31. The van der Waals surface area contributed by atoms with Gasteiger partial charge in [-0.15, -0.1) is 0 Å². The molecule has 0 bridgehead atoms. The van der Waals surface area contributed by atoms with Gasteiger partial charge in [-0.25, -0.2) is 8.42 Å². The van der Waals surface area contributed by atoms with Crippen molar-refractivity contribution in [3.05, 3.63) is 63.2 Å². The lowest BCUT2D eigenvalue weighted by Gasteiger charge is -2.33. The highest BCUT2D eigenvalue weighted by molar-refractivity contribution is 14.1. The molecule has 0 radical (unpaired) electrons. The SMILES string of the molecule is CC[C@@H](C(=O)NC1CCCC1)N(Cc1ccccc1C)C(=O)CN(c1ccc(I)cc1)S(C)(=O)=O. The van der Waals surface area contributed by atoms with Crippen LogP contribution in [0.5, 0.6) is 0 Å². The maximum atomic E-state index is 13.7. The number of rotatable bonds is 10. The monoisotopic (exact) mass is 611 g/mol. The van der Waals surface area contributed by atoms with E-state index in [0.717, 1.165) is 50.9 Å². The zero-order chi connectivity index (χ0) is 25.6. The molecule has 1 aliphatic rings. The Morgan fingerprint density at radius 2 is 1.71 bits per heavy atom. The van der Waals surface area contributed by atoms with Crippen molar-refractivity contribution < 1.29 is 18.0 Å². The molecule has 0 spiro atoms. The van der Waals surface area contributed by atoms with Crippen molar-refractivity contribution in [1.82, 2.24) is 10.2 Å². The highest BCUT2D eigenvalue weighted by Crippen LogP contribution is 2.22. The molecule has 35 heavy (non-hydrogen) atoms. The van der Waals surface area contributed by atoms with Gasteiger partial charge in [0.2, 0.25) is 21.8 Å². The van der Waals surface area contributed by atoms with E-state index in [9.17, 15) is 18.0 Å². The summed E-state index contributed by atoms with van der Waals surface area (Å²) >= 11 is 2.15. The third kappa shape index (κ3) is 7.42. The normalized spacial score (nSPS) is 15.0. The zero-order valence-electron chi connectivity index (χ0n) is 20.5. The molecular weight excluding hydrogens is 577 g/mol. The first-order valence-electron chi connectivity index (χ1n) is 12.0. The molecule has 7 nitrogen and oxygen atoms in total. The Hall–Kier alpha value is -2.14. The van der Waals surface area contributed by atoms with Crippen molar-refractivity contribution in [3.8, 4) is 0 Å². The molecule has 0 aromatic heterocycles. The molecule has 9 heteroatoms. The number of amides is 2. The molecule has 0 saturated heterocycles. The second kappa shape index (κ2) is 12.2. The second-order valence-corrected chi connectivity index (χ2v) is 12.3. The molecule has 0 heterocycles. The molecule has 0 unspecified atom stereocenters. The molecule has 2 amide bonds. The minimum Gasteiger partial charge on any atom is -0.352 e. The summed E-state index contributed by atoms with van der Waals surface area (Å²) < 4.78 is 27.4. The van der Waals surface area contributed by atoms with Gasteiger partial charge in [-0.2, -0.15) is 0 Å². The summed E-state index contributed by atoms with van der Waals surface area (Å²) in [6.45, 7) is 3.70. The van der Waals surface area contributed by atoms with E-state index in [4.69, 9.17) is 0 Å². The Morgan fingerprint density at radius 1 is 1.09 bits per heavy atom. The van der Waals surface area contributed by atoms with Crippen LogP contribution < -0.4 is 9.62 Å². The largest absolute Gasteiger partial charge is 0.352 e. The van der Waals surface area contributed by atoms with Crippen LogP contribution in [-0.4, -0.2) is 50.0 Å². The number of carbonyl (C=O) groups excluding carboxylic acids is 2. The first-order valence-corrected chi connectivity index (χ1v) is 14.9. The third-order valence-corrected chi connectivity index (χ3v) is 8.34. The first kappa shape index (κ1) is 27.4. The lowest BCUT2D eigenvalue weighted by atomic mass is 10.1. The standard InChI is InChI=1S/C26H34IN3O4S/c1-4-24(26(32)28-22-11-7-8-12-22)29(17-20-10-6-5-9-19(20)2)25(31)18-30(35(3,33)34)23-15-13-21(27)14-16-23/h5-6,9-10,13-16,22,24H,4,7-8,11-12,17-18H2,1-3H3,(H,28,32)/t24-/m0/s1. The number of benzene rings is 2. The topological polar surface area (TPSA) is 86.8 Å². The van der Waals surface area contributed by atoms with Crippen molar-refractivity contribution in [2.24, 2.45) is 0 Å². The maximum absolute atomic E-state index is 13.7. The lowest BCUT2D eigenvalue weighted by Crippen LogP contribution is -2.53. The van der Waals surface area contributed by atoms with Crippen molar-refractivity contribution in [2.75, 3.05) is 17.1 Å². The zero-order valence-corrected chi connectivity index (χ0v) is 23.5. The number of nitrogens with zero attached hydrogens (tertiary/aromatic N) is 2. The van der Waals surface area contributed by atoms with E-state index in [1.54, 1.807) is 24.3 Å². The highest BCUT2D eigenvalue weighted by atomic mass is 127. The number of anilines is 1. The molecule has 1 atom stereocenters. The van der Waals surface area contributed by atoms with Crippen LogP contribution in [0.3, 0.4) is 0 Å². The highest BCUT2D eigenvalue weighted by Gasteiger charge is 2.33. The fraction of sp³-hybridized carbons (Fsp3) is 0.462. The predicted molar refractivity (Wildman–Crippen MR) is 148 cm³/mol. The molecule has 1 aliphatic carbocycles. The number of hydrogen-bond acceptors (Lipinski definition) is 4. The minimum atomic E-state index is -3.73. The number of nitrogens with one attached hydrogen (secondary N) is 1. The van der Waals surface area contributed by atoms with E-state index in [0.29, 0.717) is 12.1 Å². The van der Waals surface area contributed by atoms with Gasteiger partial charge < -0.3 is 10.2 Å². The number of hydrogen-bond donors (Lipinski definition) is 1. The third-order valence-electron chi connectivity index (χ3n) is 6.48. The van der Waals surface area contributed by atoms with Crippen molar-refractivity contribution in [3.63, 3.8) is 0 Å².